The molecule has 0 aliphatic heterocycles. The first-order valence-electron chi connectivity index (χ1n) is 17.3. The summed E-state index contributed by atoms with van der Waals surface area (Å²) in [6.45, 7) is 17.7. The van der Waals surface area contributed by atoms with Crippen LogP contribution in [0.4, 0.5) is 0 Å². The fraction of sp³-hybridized carbons (Fsp3) is 0.318. The first-order chi connectivity index (χ1) is 23.2. The zero-order valence-electron chi connectivity index (χ0n) is 30.2. The molecule has 0 nitrogen and oxygen atoms in total. The average molecular weight is 771 g/mol. The first-order valence-corrected chi connectivity index (χ1v) is 25.6. The Labute approximate surface area is 312 Å². The summed E-state index contributed by atoms with van der Waals surface area (Å²) < 4.78 is 0. The number of aryl methyl sites for hydroxylation is 6. The third-order valence-electron chi connectivity index (χ3n) is 8.78. The maximum atomic E-state index is 4.93. The van der Waals surface area contributed by atoms with Crippen LogP contribution in [0.5, 0.6) is 0 Å². The molecule has 6 aromatic rings. The van der Waals surface area contributed by atoms with Crippen LogP contribution >= 0.6 is 17.0 Å². The van der Waals surface area contributed by atoms with Crippen LogP contribution in [0.25, 0.3) is 43.8 Å². The third kappa shape index (κ3) is 10.9. The zero-order valence-corrected chi connectivity index (χ0v) is 35.2. The fourth-order valence-corrected chi connectivity index (χ4v) is 6.38. The van der Waals surface area contributed by atoms with Gasteiger partial charge in [0.05, 0.1) is 0 Å². The minimum atomic E-state index is -0.826. The molecule has 2 radical (unpaired) electrons. The van der Waals surface area contributed by atoms with Crippen molar-refractivity contribution in [1.29, 1.82) is 0 Å². The molecule has 0 saturated carbocycles. The molecular formula is C44H52Cl2SiZr. The van der Waals surface area contributed by atoms with Gasteiger partial charge < -0.3 is 0 Å². The van der Waals surface area contributed by atoms with Gasteiger partial charge in [-0.25, -0.2) is 0 Å². The molecule has 6 rings (SSSR count). The van der Waals surface area contributed by atoms with Crippen LogP contribution < -0.4 is 0 Å². The van der Waals surface area contributed by atoms with Crippen molar-refractivity contribution >= 4 is 48.1 Å². The topological polar surface area (TPSA) is 0 Å². The van der Waals surface area contributed by atoms with Crippen LogP contribution in [0.3, 0.4) is 0 Å². The van der Waals surface area contributed by atoms with E-state index in [0.29, 0.717) is 0 Å². The Hall–Kier alpha value is -2.22. The van der Waals surface area contributed by atoms with Crippen molar-refractivity contribution in [2.75, 3.05) is 0 Å². The molecule has 6 aromatic carbocycles. The molecule has 0 aromatic heterocycles. The average Bonchev–Trinajstić information content (AvgIpc) is 3.69. The molecular weight excluding hydrogens is 719 g/mol. The predicted molar refractivity (Wildman–Crippen MR) is 215 cm³/mol. The number of rotatable bonds is 8. The molecule has 0 heterocycles. The molecule has 0 aliphatic carbocycles. The number of fused-ring (bicyclic) bond motifs is 2. The minimum absolute atomic E-state index is 0.826. The summed E-state index contributed by atoms with van der Waals surface area (Å²) in [5, 5.41) is 5.58. The SMILES string of the molecule is CCCCc1cc2c(-c3ccccc3C)c(C)ccc2[cH-]1.CCCCc1cc2c(-c3ccccc3C)c(C)ccc2[cH-]1.C[Si]C.[Cl][Zr+2][Cl]. The van der Waals surface area contributed by atoms with Crippen molar-refractivity contribution in [3.63, 3.8) is 0 Å². The number of hydrogen-bond acceptors (Lipinski definition) is 0. The van der Waals surface area contributed by atoms with Gasteiger partial charge in [-0.1, -0.05) is 123 Å². The van der Waals surface area contributed by atoms with Crippen LogP contribution in [0.15, 0.2) is 97.1 Å². The summed E-state index contributed by atoms with van der Waals surface area (Å²) in [5.41, 5.74) is 13.9. The number of benzene rings is 4. The van der Waals surface area contributed by atoms with E-state index in [4.69, 9.17) is 17.0 Å². The van der Waals surface area contributed by atoms with Crippen molar-refractivity contribution in [1.82, 2.24) is 0 Å². The molecule has 4 heteroatoms. The Balaban J connectivity index is 0.000000224. The fourth-order valence-electron chi connectivity index (χ4n) is 6.38. The van der Waals surface area contributed by atoms with Gasteiger partial charge in [0.2, 0.25) is 0 Å². The molecule has 0 aliphatic rings. The molecule has 0 unspecified atom stereocenters. The Morgan fingerprint density at radius 3 is 1.25 bits per heavy atom. The summed E-state index contributed by atoms with van der Waals surface area (Å²) in [6.07, 6.45) is 7.44. The van der Waals surface area contributed by atoms with E-state index in [2.05, 4.69) is 152 Å². The van der Waals surface area contributed by atoms with Crippen molar-refractivity contribution < 1.29 is 20.8 Å². The molecule has 0 N–H and O–H groups in total. The summed E-state index contributed by atoms with van der Waals surface area (Å²) in [7, 11) is 11.0. The van der Waals surface area contributed by atoms with Crippen molar-refractivity contribution in [3.8, 4) is 22.3 Å². The molecule has 0 spiro atoms. The van der Waals surface area contributed by atoms with Gasteiger partial charge in [0.15, 0.2) is 0 Å². The Morgan fingerprint density at radius 2 is 0.917 bits per heavy atom. The zero-order chi connectivity index (χ0) is 35.1. The van der Waals surface area contributed by atoms with E-state index in [1.807, 2.05) is 0 Å². The van der Waals surface area contributed by atoms with E-state index in [1.54, 1.807) is 0 Å². The van der Waals surface area contributed by atoms with E-state index < -0.39 is 20.8 Å². The summed E-state index contributed by atoms with van der Waals surface area (Å²) in [6, 6.07) is 36.0. The van der Waals surface area contributed by atoms with Crippen LogP contribution in [0.2, 0.25) is 13.1 Å². The monoisotopic (exact) mass is 768 g/mol. The van der Waals surface area contributed by atoms with Gasteiger partial charge in [-0.3, -0.25) is 0 Å². The van der Waals surface area contributed by atoms with Crippen LogP contribution in [-0.2, 0) is 33.7 Å². The molecule has 0 bridgehead atoms. The summed E-state index contributed by atoms with van der Waals surface area (Å²) in [4.78, 5) is 0. The Kier molecular flexibility index (Phi) is 17.7. The first kappa shape index (κ1) is 40.2. The van der Waals surface area contributed by atoms with Crippen molar-refractivity contribution in [2.45, 2.75) is 93.2 Å². The van der Waals surface area contributed by atoms with Gasteiger partial charge in [-0.2, -0.15) is 12.1 Å². The Bertz CT molecular complexity index is 1710. The number of hydrogen-bond donors (Lipinski definition) is 0. The number of halogens is 2. The normalized spacial score (nSPS) is 10.4. The van der Waals surface area contributed by atoms with Crippen LogP contribution in [-0.4, -0.2) is 9.52 Å². The second kappa shape index (κ2) is 21.1. The van der Waals surface area contributed by atoms with Crippen LogP contribution in [0.1, 0.15) is 72.9 Å². The quantitative estimate of drug-likeness (QED) is 0.107. The second-order valence-electron chi connectivity index (χ2n) is 12.7. The number of unbranched alkanes of at least 4 members (excludes halogenated alkanes) is 2. The van der Waals surface area contributed by atoms with Gasteiger partial charge in [0.25, 0.3) is 0 Å². The van der Waals surface area contributed by atoms with Gasteiger partial charge in [0, 0.05) is 9.52 Å². The molecule has 0 fully saturated rings. The second-order valence-corrected chi connectivity index (χ2v) is 17.4. The molecule has 48 heavy (non-hydrogen) atoms. The summed E-state index contributed by atoms with van der Waals surface area (Å²) in [5.74, 6) is 0. The van der Waals surface area contributed by atoms with E-state index in [-0.39, 0.29) is 0 Å². The molecule has 0 amide bonds. The van der Waals surface area contributed by atoms with E-state index in [1.165, 1.54) is 116 Å². The van der Waals surface area contributed by atoms with Gasteiger partial charge in [-0.05, 0) is 62.8 Å². The van der Waals surface area contributed by atoms with Gasteiger partial charge in [-0.15, -0.1) is 69.1 Å². The van der Waals surface area contributed by atoms with E-state index in [9.17, 15) is 0 Å². The standard InChI is InChI=1S/2C21H23.C2H6Si.2ClH.Zr/c2*1-4-5-9-17-13-18-12-11-16(3)21(20(18)14-17)19-10-7-6-8-15(19)2;1-3-2;;;/h2*6-8,10-14H,4-5,9H2,1-3H3;1-2H3;2*1H;/q2*-1;;;;+4/p-2. The molecule has 0 atom stereocenters. The predicted octanol–water partition coefficient (Wildman–Crippen LogP) is 14.5. The Morgan fingerprint density at radius 1 is 0.562 bits per heavy atom. The van der Waals surface area contributed by atoms with E-state index in [0.717, 1.165) is 9.52 Å². The van der Waals surface area contributed by atoms with Crippen molar-refractivity contribution in [2.24, 2.45) is 0 Å². The maximum absolute atomic E-state index is 4.93. The third-order valence-corrected chi connectivity index (χ3v) is 8.78. The van der Waals surface area contributed by atoms with Crippen LogP contribution in [0, 0.1) is 27.7 Å². The van der Waals surface area contributed by atoms with Gasteiger partial charge in [0.1, 0.15) is 0 Å². The summed E-state index contributed by atoms with van der Waals surface area (Å²) >= 11 is -0.826. The van der Waals surface area contributed by atoms with Gasteiger partial charge >= 0.3 is 37.9 Å². The molecule has 250 valence electrons. The van der Waals surface area contributed by atoms with Crippen molar-refractivity contribution in [3.05, 3.63) is 130 Å². The van der Waals surface area contributed by atoms with E-state index >= 15 is 0 Å². The molecule has 0 saturated heterocycles.